The maximum atomic E-state index is 10.0. The Bertz CT molecular complexity index is 629. The number of nitrogens with one attached hydrogen (secondary N) is 1. The quantitative estimate of drug-likeness (QED) is 0.881. The number of aromatic nitrogens is 1. The maximum Gasteiger partial charge on any atom is 0.126 e. The lowest BCUT2D eigenvalue weighted by atomic mass is 9.92. The summed E-state index contributed by atoms with van der Waals surface area (Å²) in [4.78, 5) is 4.66. The molecule has 2 N–H and O–H groups in total. The molecule has 0 bridgehead atoms. The van der Waals surface area contributed by atoms with Crippen molar-refractivity contribution >= 4 is 28.3 Å². The maximum absolute atomic E-state index is 10.0. The lowest BCUT2D eigenvalue weighted by Gasteiger charge is -2.28. The van der Waals surface area contributed by atoms with Gasteiger partial charge in [-0.1, -0.05) is 30.5 Å². The summed E-state index contributed by atoms with van der Waals surface area (Å²) in [6, 6.07) is 7.92. The zero-order valence-corrected chi connectivity index (χ0v) is 12.3. The normalized spacial score (nSPS) is 22.9. The number of aryl methyl sites for hydroxylation is 1. The van der Waals surface area contributed by atoms with Crippen LogP contribution < -0.4 is 5.32 Å². The van der Waals surface area contributed by atoms with E-state index in [9.17, 15) is 5.11 Å². The van der Waals surface area contributed by atoms with Crippen LogP contribution in [-0.2, 0) is 0 Å². The topological polar surface area (TPSA) is 45.1 Å². The summed E-state index contributed by atoms with van der Waals surface area (Å²) in [7, 11) is 0. The third-order valence-corrected chi connectivity index (χ3v) is 4.40. The van der Waals surface area contributed by atoms with Gasteiger partial charge >= 0.3 is 0 Å². The third-order valence-electron chi connectivity index (χ3n) is 4.07. The minimum absolute atomic E-state index is 0.105. The van der Waals surface area contributed by atoms with Gasteiger partial charge in [0, 0.05) is 10.4 Å². The summed E-state index contributed by atoms with van der Waals surface area (Å²) in [5, 5.41) is 15.1. The Morgan fingerprint density at radius 3 is 2.80 bits per heavy atom. The molecule has 1 aromatic heterocycles. The van der Waals surface area contributed by atoms with Crippen molar-refractivity contribution in [2.75, 3.05) is 5.32 Å². The molecular formula is C16H19ClN2O. The van der Waals surface area contributed by atoms with Crippen molar-refractivity contribution in [2.45, 2.75) is 44.8 Å². The molecule has 1 aliphatic rings. The molecule has 1 aromatic carbocycles. The van der Waals surface area contributed by atoms with Gasteiger partial charge in [-0.3, -0.25) is 0 Å². The molecule has 1 fully saturated rings. The standard InChI is InChI=1S/C16H19ClN2O/c1-10-6-8-12(17)11-7-9-15(19-16(10)11)18-13-4-2-3-5-14(13)20/h6-9,13-14,20H,2-5H2,1H3,(H,18,19)/t13-,14-/m0/s1. The van der Waals surface area contributed by atoms with Gasteiger partial charge in [0.2, 0.25) is 0 Å². The van der Waals surface area contributed by atoms with Gasteiger partial charge < -0.3 is 10.4 Å². The van der Waals surface area contributed by atoms with Crippen molar-refractivity contribution in [3.63, 3.8) is 0 Å². The molecule has 3 rings (SSSR count). The molecule has 2 aromatic rings. The van der Waals surface area contributed by atoms with Gasteiger partial charge in [0.25, 0.3) is 0 Å². The molecule has 4 heteroatoms. The van der Waals surface area contributed by atoms with Crippen molar-refractivity contribution < 1.29 is 5.11 Å². The fourth-order valence-electron chi connectivity index (χ4n) is 2.87. The van der Waals surface area contributed by atoms with Crippen LogP contribution in [0.25, 0.3) is 10.9 Å². The van der Waals surface area contributed by atoms with Gasteiger partial charge in [-0.25, -0.2) is 4.98 Å². The Labute approximate surface area is 124 Å². The van der Waals surface area contributed by atoms with Crippen molar-refractivity contribution in [2.24, 2.45) is 0 Å². The molecular weight excluding hydrogens is 272 g/mol. The SMILES string of the molecule is Cc1ccc(Cl)c2ccc(N[C@H]3CCCC[C@@H]3O)nc12. The molecule has 1 aliphatic carbocycles. The van der Waals surface area contributed by atoms with Crippen LogP contribution in [0.1, 0.15) is 31.2 Å². The lowest BCUT2D eigenvalue weighted by molar-refractivity contribution is 0.116. The average molecular weight is 291 g/mol. The van der Waals surface area contributed by atoms with Crippen LogP contribution in [0.15, 0.2) is 24.3 Å². The highest BCUT2D eigenvalue weighted by Crippen LogP contribution is 2.27. The van der Waals surface area contributed by atoms with E-state index in [1.165, 1.54) is 0 Å². The minimum atomic E-state index is -0.276. The predicted molar refractivity (Wildman–Crippen MR) is 83.4 cm³/mol. The van der Waals surface area contributed by atoms with E-state index in [1.54, 1.807) is 0 Å². The number of nitrogens with zero attached hydrogens (tertiary/aromatic N) is 1. The van der Waals surface area contributed by atoms with E-state index in [4.69, 9.17) is 11.6 Å². The van der Waals surface area contributed by atoms with Gasteiger partial charge in [-0.2, -0.15) is 0 Å². The van der Waals surface area contributed by atoms with Gasteiger partial charge in [0.05, 0.1) is 17.7 Å². The summed E-state index contributed by atoms with van der Waals surface area (Å²) in [5.74, 6) is 0.814. The van der Waals surface area contributed by atoms with Crippen LogP contribution in [-0.4, -0.2) is 22.2 Å². The van der Waals surface area contributed by atoms with Crippen molar-refractivity contribution in [3.05, 3.63) is 34.9 Å². The second kappa shape index (κ2) is 5.58. The van der Waals surface area contributed by atoms with Crippen LogP contribution >= 0.6 is 11.6 Å². The molecule has 3 nitrogen and oxygen atoms in total. The summed E-state index contributed by atoms with van der Waals surface area (Å²) >= 11 is 6.20. The monoisotopic (exact) mass is 290 g/mol. The van der Waals surface area contributed by atoms with E-state index >= 15 is 0 Å². The summed E-state index contributed by atoms with van der Waals surface area (Å²) in [6.45, 7) is 2.03. The van der Waals surface area contributed by atoms with Crippen LogP contribution in [0.4, 0.5) is 5.82 Å². The first kappa shape index (κ1) is 13.7. The molecule has 0 amide bonds. The first-order valence-electron chi connectivity index (χ1n) is 7.15. The average Bonchev–Trinajstić information content (AvgIpc) is 2.46. The fourth-order valence-corrected chi connectivity index (χ4v) is 3.08. The molecule has 0 spiro atoms. The Kier molecular flexibility index (Phi) is 3.81. The largest absolute Gasteiger partial charge is 0.391 e. The van der Waals surface area contributed by atoms with Crippen LogP contribution in [0.2, 0.25) is 5.02 Å². The van der Waals surface area contributed by atoms with E-state index in [1.807, 2.05) is 31.2 Å². The highest BCUT2D eigenvalue weighted by Gasteiger charge is 2.23. The van der Waals surface area contributed by atoms with Crippen LogP contribution in [0.3, 0.4) is 0 Å². The van der Waals surface area contributed by atoms with Gasteiger partial charge in [-0.05, 0) is 43.5 Å². The third kappa shape index (κ3) is 2.60. The summed E-state index contributed by atoms with van der Waals surface area (Å²) < 4.78 is 0. The zero-order valence-electron chi connectivity index (χ0n) is 11.6. The van der Waals surface area contributed by atoms with E-state index in [0.717, 1.165) is 53.0 Å². The molecule has 106 valence electrons. The van der Waals surface area contributed by atoms with Crippen molar-refractivity contribution in [1.82, 2.24) is 4.98 Å². The Hall–Kier alpha value is -1.32. The number of anilines is 1. The molecule has 1 saturated carbocycles. The molecule has 0 aliphatic heterocycles. The van der Waals surface area contributed by atoms with Crippen molar-refractivity contribution in [1.29, 1.82) is 0 Å². The van der Waals surface area contributed by atoms with Crippen molar-refractivity contribution in [3.8, 4) is 0 Å². The van der Waals surface area contributed by atoms with Gasteiger partial charge in [0.15, 0.2) is 0 Å². The number of benzene rings is 1. The lowest BCUT2D eigenvalue weighted by Crippen LogP contribution is -2.36. The molecule has 2 atom stereocenters. The first-order chi connectivity index (χ1) is 9.65. The number of aliphatic hydroxyl groups is 1. The number of hydrogen-bond acceptors (Lipinski definition) is 3. The smallest absolute Gasteiger partial charge is 0.126 e. The second-order valence-corrected chi connectivity index (χ2v) is 5.97. The number of hydrogen-bond donors (Lipinski definition) is 2. The fraction of sp³-hybridized carbons (Fsp3) is 0.438. The molecule has 0 radical (unpaired) electrons. The number of rotatable bonds is 2. The van der Waals surface area contributed by atoms with Crippen LogP contribution in [0.5, 0.6) is 0 Å². The second-order valence-electron chi connectivity index (χ2n) is 5.56. The van der Waals surface area contributed by atoms with E-state index in [2.05, 4.69) is 10.3 Å². The Morgan fingerprint density at radius 1 is 1.20 bits per heavy atom. The van der Waals surface area contributed by atoms with E-state index < -0.39 is 0 Å². The van der Waals surface area contributed by atoms with Gasteiger partial charge in [-0.15, -0.1) is 0 Å². The van der Waals surface area contributed by atoms with E-state index in [0.29, 0.717) is 0 Å². The number of fused-ring (bicyclic) bond motifs is 1. The molecule has 1 heterocycles. The highest BCUT2D eigenvalue weighted by molar-refractivity contribution is 6.35. The number of pyridine rings is 1. The highest BCUT2D eigenvalue weighted by atomic mass is 35.5. The number of halogens is 1. The number of aliphatic hydroxyl groups excluding tert-OH is 1. The summed E-state index contributed by atoms with van der Waals surface area (Å²) in [5.41, 5.74) is 2.03. The van der Waals surface area contributed by atoms with E-state index in [-0.39, 0.29) is 12.1 Å². The predicted octanol–water partition coefficient (Wildman–Crippen LogP) is 3.91. The molecule has 0 unspecified atom stereocenters. The Balaban J connectivity index is 1.91. The zero-order chi connectivity index (χ0) is 14.1. The van der Waals surface area contributed by atoms with Crippen LogP contribution in [0, 0.1) is 6.92 Å². The molecule has 0 saturated heterocycles. The summed E-state index contributed by atoms with van der Waals surface area (Å²) in [6.07, 6.45) is 3.86. The molecule has 20 heavy (non-hydrogen) atoms. The first-order valence-corrected chi connectivity index (χ1v) is 7.53. The Morgan fingerprint density at radius 2 is 2.00 bits per heavy atom. The van der Waals surface area contributed by atoms with Gasteiger partial charge in [0.1, 0.15) is 5.82 Å². The minimum Gasteiger partial charge on any atom is -0.391 e.